The Morgan fingerprint density at radius 2 is 1.73 bits per heavy atom. The Labute approximate surface area is 153 Å². The highest BCUT2D eigenvalue weighted by Crippen LogP contribution is 2.15. The largest absolute Gasteiger partial charge is 0.484 e. The zero-order chi connectivity index (χ0) is 18.2. The first-order valence-electron chi connectivity index (χ1n) is 8.93. The number of carbonyl (C=O) groups is 1. The molecule has 1 amide bonds. The number of hydrogen-bond acceptors (Lipinski definition) is 6. The minimum Gasteiger partial charge on any atom is -0.484 e. The van der Waals surface area contributed by atoms with Crippen molar-refractivity contribution in [2.24, 2.45) is 0 Å². The van der Waals surface area contributed by atoms with E-state index in [1.807, 2.05) is 36.7 Å². The standard InChI is InChI=1S/C19H25N5O2/c1-20-18(25)14-26-17-6-4-15(5-7-17)10-21-11-16-12-22-19(23-13-16)24-8-2-3-9-24/h4-7,12-13,21H,2-3,8-11,14H2,1H3,(H,20,25). The minimum absolute atomic E-state index is 0.0293. The number of aromatic nitrogens is 2. The van der Waals surface area contributed by atoms with Crippen LogP contribution in [0.25, 0.3) is 0 Å². The minimum atomic E-state index is -0.145. The second kappa shape index (κ2) is 9.15. The molecule has 1 saturated heterocycles. The van der Waals surface area contributed by atoms with E-state index < -0.39 is 0 Å². The van der Waals surface area contributed by atoms with Gasteiger partial charge in [-0.2, -0.15) is 0 Å². The van der Waals surface area contributed by atoms with Crippen LogP contribution in [-0.4, -0.2) is 42.6 Å². The van der Waals surface area contributed by atoms with Crippen LogP contribution < -0.4 is 20.3 Å². The fourth-order valence-electron chi connectivity index (χ4n) is 2.80. The highest BCUT2D eigenvalue weighted by atomic mass is 16.5. The Morgan fingerprint density at radius 1 is 1.08 bits per heavy atom. The highest BCUT2D eigenvalue weighted by molar-refractivity contribution is 5.77. The SMILES string of the molecule is CNC(=O)COc1ccc(CNCc2cnc(N3CCCC3)nc2)cc1. The summed E-state index contributed by atoms with van der Waals surface area (Å²) in [5.41, 5.74) is 2.21. The van der Waals surface area contributed by atoms with Crippen LogP contribution in [0, 0.1) is 0 Å². The molecule has 3 rings (SSSR count). The molecule has 2 aromatic rings. The Balaban J connectivity index is 1.42. The number of anilines is 1. The van der Waals surface area contributed by atoms with E-state index in [0.717, 1.165) is 43.3 Å². The Bertz CT molecular complexity index is 697. The van der Waals surface area contributed by atoms with E-state index in [-0.39, 0.29) is 12.5 Å². The number of nitrogens with zero attached hydrogens (tertiary/aromatic N) is 3. The first-order valence-corrected chi connectivity index (χ1v) is 8.93. The van der Waals surface area contributed by atoms with Crippen molar-refractivity contribution in [1.29, 1.82) is 0 Å². The molecule has 2 N–H and O–H groups in total. The summed E-state index contributed by atoms with van der Waals surface area (Å²) in [5, 5.41) is 5.91. The van der Waals surface area contributed by atoms with Crippen molar-refractivity contribution in [3.8, 4) is 5.75 Å². The van der Waals surface area contributed by atoms with Crippen LogP contribution in [0.15, 0.2) is 36.7 Å². The van der Waals surface area contributed by atoms with Gasteiger partial charge in [0.05, 0.1) is 0 Å². The van der Waals surface area contributed by atoms with Crippen molar-refractivity contribution in [3.63, 3.8) is 0 Å². The summed E-state index contributed by atoms with van der Waals surface area (Å²) < 4.78 is 5.39. The van der Waals surface area contributed by atoms with Gasteiger partial charge >= 0.3 is 0 Å². The zero-order valence-corrected chi connectivity index (χ0v) is 15.1. The van der Waals surface area contributed by atoms with Gasteiger partial charge in [0, 0.05) is 51.2 Å². The van der Waals surface area contributed by atoms with E-state index in [1.54, 1.807) is 7.05 Å². The summed E-state index contributed by atoms with van der Waals surface area (Å²) in [4.78, 5) is 22.3. The lowest BCUT2D eigenvalue weighted by atomic mass is 10.2. The lowest BCUT2D eigenvalue weighted by Gasteiger charge is -2.14. The van der Waals surface area contributed by atoms with Gasteiger partial charge in [0.15, 0.2) is 6.61 Å². The molecular weight excluding hydrogens is 330 g/mol. The van der Waals surface area contributed by atoms with Crippen LogP contribution in [0.4, 0.5) is 5.95 Å². The normalized spacial score (nSPS) is 13.7. The Morgan fingerprint density at radius 3 is 2.38 bits per heavy atom. The monoisotopic (exact) mass is 355 g/mol. The lowest BCUT2D eigenvalue weighted by Crippen LogP contribution is -2.24. The van der Waals surface area contributed by atoms with Crippen molar-refractivity contribution < 1.29 is 9.53 Å². The maximum Gasteiger partial charge on any atom is 0.257 e. The van der Waals surface area contributed by atoms with Gasteiger partial charge in [0.2, 0.25) is 5.95 Å². The molecule has 1 aliphatic rings. The fourth-order valence-corrected chi connectivity index (χ4v) is 2.80. The van der Waals surface area contributed by atoms with Gasteiger partial charge in [-0.15, -0.1) is 0 Å². The van der Waals surface area contributed by atoms with Crippen LogP contribution >= 0.6 is 0 Å². The second-order valence-electron chi connectivity index (χ2n) is 6.29. The molecule has 7 nitrogen and oxygen atoms in total. The number of benzene rings is 1. The molecule has 1 aliphatic heterocycles. The second-order valence-corrected chi connectivity index (χ2v) is 6.29. The molecular formula is C19H25N5O2. The summed E-state index contributed by atoms with van der Waals surface area (Å²) >= 11 is 0. The molecule has 7 heteroatoms. The number of nitrogens with one attached hydrogen (secondary N) is 2. The first kappa shape index (κ1) is 18.1. The van der Waals surface area contributed by atoms with E-state index in [4.69, 9.17) is 4.74 Å². The predicted molar refractivity (Wildman–Crippen MR) is 100 cm³/mol. The zero-order valence-electron chi connectivity index (χ0n) is 15.1. The lowest BCUT2D eigenvalue weighted by molar-refractivity contribution is -0.122. The first-order chi connectivity index (χ1) is 12.7. The quantitative estimate of drug-likeness (QED) is 0.747. The summed E-state index contributed by atoms with van der Waals surface area (Å²) in [5.74, 6) is 1.37. The molecule has 0 atom stereocenters. The van der Waals surface area contributed by atoms with E-state index in [2.05, 4.69) is 25.5 Å². The third kappa shape index (κ3) is 5.16. The van der Waals surface area contributed by atoms with Gasteiger partial charge in [-0.05, 0) is 30.5 Å². The summed E-state index contributed by atoms with van der Waals surface area (Å²) in [6.45, 7) is 3.60. The van der Waals surface area contributed by atoms with E-state index in [9.17, 15) is 4.79 Å². The topological polar surface area (TPSA) is 79.4 Å². The van der Waals surface area contributed by atoms with E-state index in [1.165, 1.54) is 12.8 Å². The van der Waals surface area contributed by atoms with Gasteiger partial charge < -0.3 is 20.3 Å². The number of rotatable bonds is 8. The maximum absolute atomic E-state index is 11.2. The number of ether oxygens (including phenoxy) is 1. The third-order valence-electron chi connectivity index (χ3n) is 4.31. The molecule has 0 spiro atoms. The van der Waals surface area contributed by atoms with Gasteiger partial charge in [-0.1, -0.05) is 12.1 Å². The van der Waals surface area contributed by atoms with E-state index in [0.29, 0.717) is 5.75 Å². The molecule has 0 saturated carbocycles. The smallest absolute Gasteiger partial charge is 0.257 e. The molecule has 138 valence electrons. The maximum atomic E-state index is 11.2. The van der Waals surface area contributed by atoms with Gasteiger partial charge in [0.1, 0.15) is 5.75 Å². The molecule has 1 aromatic carbocycles. The van der Waals surface area contributed by atoms with Crippen LogP contribution in [0.5, 0.6) is 5.75 Å². The number of amides is 1. The molecule has 1 fully saturated rings. The average molecular weight is 355 g/mol. The average Bonchev–Trinajstić information content (AvgIpc) is 3.22. The Kier molecular flexibility index (Phi) is 6.38. The summed E-state index contributed by atoms with van der Waals surface area (Å²) in [6, 6.07) is 7.71. The fraction of sp³-hybridized carbons (Fsp3) is 0.421. The van der Waals surface area contributed by atoms with Gasteiger partial charge in [-0.3, -0.25) is 4.79 Å². The number of carbonyl (C=O) groups excluding carboxylic acids is 1. The van der Waals surface area contributed by atoms with Gasteiger partial charge in [-0.25, -0.2) is 9.97 Å². The molecule has 0 unspecified atom stereocenters. The molecule has 0 bridgehead atoms. The number of likely N-dealkylation sites (N-methyl/N-ethyl adjacent to an activating group) is 1. The highest BCUT2D eigenvalue weighted by Gasteiger charge is 2.14. The van der Waals surface area contributed by atoms with Crippen molar-refractivity contribution >= 4 is 11.9 Å². The molecule has 26 heavy (non-hydrogen) atoms. The molecule has 0 radical (unpaired) electrons. The van der Waals surface area contributed by atoms with Crippen molar-refractivity contribution in [2.75, 3.05) is 31.6 Å². The van der Waals surface area contributed by atoms with Crippen LogP contribution in [-0.2, 0) is 17.9 Å². The molecule has 1 aromatic heterocycles. The van der Waals surface area contributed by atoms with Crippen LogP contribution in [0.3, 0.4) is 0 Å². The van der Waals surface area contributed by atoms with Gasteiger partial charge in [0.25, 0.3) is 5.91 Å². The predicted octanol–water partition coefficient (Wildman–Crippen LogP) is 1.49. The van der Waals surface area contributed by atoms with E-state index >= 15 is 0 Å². The van der Waals surface area contributed by atoms with Crippen molar-refractivity contribution in [1.82, 2.24) is 20.6 Å². The van der Waals surface area contributed by atoms with Crippen LogP contribution in [0.1, 0.15) is 24.0 Å². The summed E-state index contributed by atoms with van der Waals surface area (Å²) in [7, 11) is 1.59. The van der Waals surface area contributed by atoms with Crippen LogP contribution in [0.2, 0.25) is 0 Å². The Hall–Kier alpha value is -2.67. The molecule has 0 aliphatic carbocycles. The summed E-state index contributed by atoms with van der Waals surface area (Å²) in [6.07, 6.45) is 6.23. The van der Waals surface area contributed by atoms with Crippen molar-refractivity contribution in [2.45, 2.75) is 25.9 Å². The third-order valence-corrected chi connectivity index (χ3v) is 4.31. The molecule has 2 heterocycles. The van der Waals surface area contributed by atoms with Crippen molar-refractivity contribution in [3.05, 3.63) is 47.8 Å². The number of hydrogen-bond donors (Lipinski definition) is 2.